The van der Waals surface area contributed by atoms with Crippen molar-refractivity contribution in [3.8, 4) is 0 Å². The molecule has 1 atom stereocenters. The third kappa shape index (κ3) is 4.07. The molecular weight excluding hydrogens is 304 g/mol. The van der Waals surface area contributed by atoms with Crippen LogP contribution in [0.1, 0.15) is 38.8 Å². The predicted molar refractivity (Wildman–Crippen MR) is 83.5 cm³/mol. The number of para-hydroxylation sites is 1. The normalized spacial score (nSPS) is 13.2. The van der Waals surface area contributed by atoms with Gasteiger partial charge in [0.25, 0.3) is 0 Å². The second-order valence-corrected chi connectivity index (χ2v) is 7.12. The number of carbonyl (C=O) groups excluding carboxylic acids is 1. The zero-order valence-corrected chi connectivity index (χ0v) is 13.5. The molecular formula is C15H20N2O4S. The molecule has 120 valence electrons. The average Bonchev–Trinajstić information content (AvgIpc) is 2.87. The summed E-state index contributed by atoms with van der Waals surface area (Å²) in [5.74, 6) is -1.18. The number of amides is 1. The van der Waals surface area contributed by atoms with E-state index in [0.29, 0.717) is 23.1 Å². The lowest BCUT2D eigenvalue weighted by molar-refractivity contribution is -0.122. The molecule has 0 bridgehead atoms. The van der Waals surface area contributed by atoms with Crippen LogP contribution in [0.2, 0.25) is 0 Å². The zero-order chi connectivity index (χ0) is 16.2. The number of hydrogen-bond donors (Lipinski definition) is 1. The minimum absolute atomic E-state index is 0.303. The summed E-state index contributed by atoms with van der Waals surface area (Å²) in [5.41, 5.74) is 0.826. The van der Waals surface area contributed by atoms with Crippen molar-refractivity contribution >= 4 is 26.9 Å². The van der Waals surface area contributed by atoms with Crippen LogP contribution >= 0.6 is 0 Å². The van der Waals surface area contributed by atoms with Crippen LogP contribution in [0, 0.1) is 5.92 Å². The Morgan fingerprint density at radius 1 is 1.36 bits per heavy atom. The van der Waals surface area contributed by atoms with Crippen LogP contribution in [0.3, 0.4) is 0 Å². The van der Waals surface area contributed by atoms with Gasteiger partial charge in [0, 0.05) is 11.3 Å². The van der Waals surface area contributed by atoms with Crippen LogP contribution in [-0.2, 0) is 20.6 Å². The number of aromatic nitrogens is 1. The Hall–Kier alpha value is -1.89. The van der Waals surface area contributed by atoms with Gasteiger partial charge in [-0.15, -0.1) is 0 Å². The summed E-state index contributed by atoms with van der Waals surface area (Å²) in [7, 11) is -3.79. The Morgan fingerprint density at radius 3 is 2.82 bits per heavy atom. The third-order valence-corrected chi connectivity index (χ3v) is 4.64. The van der Waals surface area contributed by atoms with Crippen molar-refractivity contribution in [1.29, 1.82) is 0 Å². The summed E-state index contributed by atoms with van der Waals surface area (Å²) in [5, 5.41) is 4.42. The van der Waals surface area contributed by atoms with Crippen molar-refractivity contribution in [3.63, 3.8) is 0 Å². The highest BCUT2D eigenvalue weighted by molar-refractivity contribution is 7.89. The second kappa shape index (κ2) is 6.91. The number of benzene rings is 1. The van der Waals surface area contributed by atoms with Gasteiger partial charge in [-0.05, 0) is 18.6 Å². The quantitative estimate of drug-likeness (QED) is 0.845. The van der Waals surface area contributed by atoms with Crippen molar-refractivity contribution in [2.24, 2.45) is 5.92 Å². The van der Waals surface area contributed by atoms with Gasteiger partial charge in [0.15, 0.2) is 5.58 Å². The van der Waals surface area contributed by atoms with Crippen LogP contribution in [0.25, 0.3) is 11.0 Å². The third-order valence-electron chi connectivity index (χ3n) is 3.47. The molecule has 1 N–H and O–H groups in total. The Balaban J connectivity index is 2.06. The van der Waals surface area contributed by atoms with E-state index in [4.69, 9.17) is 4.52 Å². The number of nitrogens with zero attached hydrogens (tertiary/aromatic N) is 1. The number of rotatable bonds is 7. The van der Waals surface area contributed by atoms with Crippen LogP contribution in [0.4, 0.5) is 0 Å². The van der Waals surface area contributed by atoms with Gasteiger partial charge >= 0.3 is 0 Å². The maximum atomic E-state index is 12.1. The van der Waals surface area contributed by atoms with E-state index >= 15 is 0 Å². The first kappa shape index (κ1) is 16.5. The van der Waals surface area contributed by atoms with E-state index in [2.05, 4.69) is 9.88 Å². The van der Waals surface area contributed by atoms with Gasteiger partial charge < -0.3 is 4.52 Å². The summed E-state index contributed by atoms with van der Waals surface area (Å²) in [6.07, 6.45) is 2.53. The van der Waals surface area contributed by atoms with Gasteiger partial charge in [0.05, 0.1) is 0 Å². The fourth-order valence-electron chi connectivity index (χ4n) is 2.15. The highest BCUT2D eigenvalue weighted by Crippen LogP contribution is 2.19. The van der Waals surface area contributed by atoms with Crippen molar-refractivity contribution in [1.82, 2.24) is 9.88 Å². The van der Waals surface area contributed by atoms with E-state index in [1.54, 1.807) is 31.2 Å². The predicted octanol–water partition coefficient (Wildman–Crippen LogP) is 2.60. The second-order valence-electron chi connectivity index (χ2n) is 5.39. The van der Waals surface area contributed by atoms with Gasteiger partial charge in [0.1, 0.15) is 11.4 Å². The van der Waals surface area contributed by atoms with Crippen LogP contribution in [-0.4, -0.2) is 19.5 Å². The molecule has 1 unspecified atom stereocenters. The first-order valence-corrected chi connectivity index (χ1v) is 8.96. The van der Waals surface area contributed by atoms with E-state index in [9.17, 15) is 13.2 Å². The molecule has 0 aliphatic rings. The average molecular weight is 324 g/mol. The molecule has 6 nitrogen and oxygen atoms in total. The summed E-state index contributed by atoms with van der Waals surface area (Å²) < 4.78 is 31.4. The molecule has 0 saturated carbocycles. The molecule has 0 fully saturated rings. The molecule has 2 rings (SSSR count). The SMILES string of the molecule is CCCCC(C)C(=O)NS(=O)(=O)Cc1noc2ccccc12. The fourth-order valence-corrected chi connectivity index (χ4v) is 3.30. The van der Waals surface area contributed by atoms with Crippen molar-refractivity contribution in [2.75, 3.05) is 0 Å². The molecule has 0 aliphatic heterocycles. The minimum Gasteiger partial charge on any atom is -0.356 e. The molecule has 1 heterocycles. The van der Waals surface area contributed by atoms with E-state index in [1.807, 2.05) is 6.92 Å². The first-order valence-electron chi connectivity index (χ1n) is 7.30. The molecule has 22 heavy (non-hydrogen) atoms. The van der Waals surface area contributed by atoms with Gasteiger partial charge in [-0.2, -0.15) is 0 Å². The lowest BCUT2D eigenvalue weighted by Crippen LogP contribution is -2.35. The van der Waals surface area contributed by atoms with Crippen LogP contribution in [0.15, 0.2) is 28.8 Å². The first-order chi connectivity index (χ1) is 10.4. The monoisotopic (exact) mass is 324 g/mol. The maximum absolute atomic E-state index is 12.1. The molecule has 1 aromatic carbocycles. The fraction of sp³-hybridized carbons (Fsp3) is 0.467. The van der Waals surface area contributed by atoms with Crippen molar-refractivity contribution in [2.45, 2.75) is 38.9 Å². The van der Waals surface area contributed by atoms with Crippen molar-refractivity contribution < 1.29 is 17.7 Å². The molecule has 0 radical (unpaired) electrons. The number of hydrogen-bond acceptors (Lipinski definition) is 5. The lowest BCUT2D eigenvalue weighted by Gasteiger charge is -2.11. The molecule has 1 aromatic heterocycles. The van der Waals surface area contributed by atoms with E-state index in [-0.39, 0.29) is 11.7 Å². The molecule has 7 heteroatoms. The highest BCUT2D eigenvalue weighted by atomic mass is 32.2. The molecule has 1 amide bonds. The molecule has 0 aliphatic carbocycles. The largest absolute Gasteiger partial charge is 0.356 e. The van der Waals surface area contributed by atoms with Gasteiger partial charge in [-0.1, -0.05) is 44.0 Å². The summed E-state index contributed by atoms with van der Waals surface area (Å²) in [4.78, 5) is 11.9. The van der Waals surface area contributed by atoms with Gasteiger partial charge in [-0.25, -0.2) is 8.42 Å². The Kier molecular flexibility index (Phi) is 5.18. The smallest absolute Gasteiger partial charge is 0.240 e. The minimum atomic E-state index is -3.79. The number of fused-ring (bicyclic) bond motifs is 1. The number of unbranched alkanes of at least 4 members (excludes halogenated alkanes) is 1. The summed E-state index contributed by atoms with van der Waals surface area (Å²) in [6.45, 7) is 3.75. The Bertz CT molecular complexity index is 752. The molecule has 0 spiro atoms. The van der Waals surface area contributed by atoms with Gasteiger partial charge in [0.2, 0.25) is 15.9 Å². The van der Waals surface area contributed by atoms with Gasteiger partial charge in [-0.3, -0.25) is 9.52 Å². The number of sulfonamides is 1. The molecule has 0 saturated heterocycles. The summed E-state index contributed by atoms with van der Waals surface area (Å²) >= 11 is 0. The van der Waals surface area contributed by atoms with Crippen LogP contribution < -0.4 is 4.72 Å². The number of carbonyl (C=O) groups is 1. The summed E-state index contributed by atoms with van der Waals surface area (Å²) in [6, 6.07) is 7.01. The number of nitrogens with one attached hydrogen (secondary N) is 1. The zero-order valence-electron chi connectivity index (χ0n) is 12.7. The lowest BCUT2D eigenvalue weighted by atomic mass is 10.0. The van der Waals surface area contributed by atoms with E-state index in [1.165, 1.54) is 0 Å². The van der Waals surface area contributed by atoms with E-state index < -0.39 is 15.9 Å². The maximum Gasteiger partial charge on any atom is 0.240 e. The Labute approximate surface area is 129 Å². The van der Waals surface area contributed by atoms with E-state index in [0.717, 1.165) is 12.8 Å². The highest BCUT2D eigenvalue weighted by Gasteiger charge is 2.22. The molecule has 2 aromatic rings. The topological polar surface area (TPSA) is 89.3 Å². The van der Waals surface area contributed by atoms with Crippen LogP contribution in [0.5, 0.6) is 0 Å². The van der Waals surface area contributed by atoms with Crippen molar-refractivity contribution in [3.05, 3.63) is 30.0 Å². The Morgan fingerprint density at radius 2 is 2.09 bits per heavy atom. The standard InChI is InChI=1S/C15H20N2O4S/c1-3-4-7-11(2)15(18)17-22(19,20)10-13-12-8-5-6-9-14(12)21-16-13/h5-6,8-9,11H,3-4,7,10H2,1-2H3,(H,17,18).